The minimum Gasteiger partial charge on any atom is -0.346 e. The summed E-state index contributed by atoms with van der Waals surface area (Å²) in [5.41, 5.74) is 2.07. The van der Waals surface area contributed by atoms with Gasteiger partial charge in [0.2, 0.25) is 0 Å². The summed E-state index contributed by atoms with van der Waals surface area (Å²) >= 11 is 1.66. The lowest BCUT2D eigenvalue weighted by molar-refractivity contribution is -0.890. The fourth-order valence-corrected chi connectivity index (χ4v) is 6.36. The van der Waals surface area contributed by atoms with Crippen molar-refractivity contribution in [3.63, 3.8) is 0 Å². The van der Waals surface area contributed by atoms with E-state index >= 15 is 0 Å². The average molecular weight is 457 g/mol. The van der Waals surface area contributed by atoms with Crippen molar-refractivity contribution in [1.82, 2.24) is 5.32 Å². The number of benzene rings is 2. The topological polar surface area (TPSA) is 70.9 Å². The van der Waals surface area contributed by atoms with Crippen molar-refractivity contribution in [2.45, 2.75) is 17.4 Å². The summed E-state index contributed by atoms with van der Waals surface area (Å²) in [5.74, 6) is -0.276. The fourth-order valence-electron chi connectivity index (χ4n) is 3.86. The number of nitrogens with zero attached hydrogens (tertiary/aromatic N) is 1. The van der Waals surface area contributed by atoms with Gasteiger partial charge in [0, 0.05) is 12.1 Å². The number of hydrogen-bond acceptors (Lipinski definition) is 4. The molecule has 1 amide bonds. The summed E-state index contributed by atoms with van der Waals surface area (Å²) in [5, 5.41) is 5.00. The minimum atomic E-state index is -3.74. The molecule has 2 heterocycles. The molecule has 1 aromatic heterocycles. The van der Waals surface area contributed by atoms with Gasteiger partial charge in [-0.25, -0.2) is 8.42 Å². The Hall–Kier alpha value is -2.68. The molecule has 0 bridgehead atoms. The number of quaternary nitrogens is 1. The Morgan fingerprint density at radius 2 is 1.94 bits per heavy atom. The molecule has 2 N–H and O–H groups in total. The molecule has 6 nitrogen and oxygen atoms in total. The van der Waals surface area contributed by atoms with Crippen LogP contribution in [0.4, 0.5) is 5.69 Å². The smallest absolute Gasteiger partial charge is 0.264 e. The van der Waals surface area contributed by atoms with Crippen LogP contribution in [0.25, 0.3) is 0 Å². The second kappa shape index (κ2) is 8.82. The minimum absolute atomic E-state index is 0.130. The molecule has 162 valence electrons. The third-order valence-corrected chi connectivity index (χ3v) is 8.37. The summed E-state index contributed by atoms with van der Waals surface area (Å²) in [6.45, 7) is 0.879. The SMILES string of the molecule is C[NH+](C)[C@H](CNC(=O)c1cccc(S(=O)(=O)N2CCc3ccccc32)c1)c1cccs1. The van der Waals surface area contributed by atoms with Crippen molar-refractivity contribution in [3.8, 4) is 0 Å². The molecule has 4 rings (SSSR count). The highest BCUT2D eigenvalue weighted by atomic mass is 32.2. The molecule has 8 heteroatoms. The monoisotopic (exact) mass is 456 g/mol. The van der Waals surface area contributed by atoms with Gasteiger partial charge in [0.15, 0.2) is 0 Å². The quantitative estimate of drug-likeness (QED) is 0.572. The van der Waals surface area contributed by atoms with E-state index in [1.165, 1.54) is 20.1 Å². The number of hydrogen-bond donors (Lipinski definition) is 2. The molecule has 1 aliphatic heterocycles. The van der Waals surface area contributed by atoms with Crippen LogP contribution in [-0.4, -0.2) is 41.5 Å². The van der Waals surface area contributed by atoms with Crippen molar-refractivity contribution in [2.24, 2.45) is 0 Å². The van der Waals surface area contributed by atoms with Gasteiger partial charge in [-0.3, -0.25) is 9.10 Å². The van der Waals surface area contributed by atoms with Crippen molar-refractivity contribution in [3.05, 3.63) is 82.0 Å². The first-order valence-corrected chi connectivity index (χ1v) is 12.5. The molecule has 0 spiro atoms. The van der Waals surface area contributed by atoms with Crippen molar-refractivity contribution in [2.75, 3.05) is 31.5 Å². The second-order valence-electron chi connectivity index (χ2n) is 7.84. The van der Waals surface area contributed by atoms with Gasteiger partial charge in [-0.15, -0.1) is 11.3 Å². The summed E-state index contributed by atoms with van der Waals surface area (Å²) in [6.07, 6.45) is 0.687. The standard InChI is InChI=1S/C23H25N3O3S2/c1-25(2)21(22-11-6-14-30-22)16-24-23(27)18-8-5-9-19(15-18)31(28,29)26-13-12-17-7-3-4-10-20(17)26/h3-11,14-15,21H,12-13,16H2,1-2H3,(H,24,27)/p+1/t21-/m1/s1. The van der Waals surface area contributed by atoms with Gasteiger partial charge in [0.05, 0.1) is 36.1 Å². The Morgan fingerprint density at radius 3 is 2.68 bits per heavy atom. The molecule has 0 unspecified atom stereocenters. The van der Waals surface area contributed by atoms with E-state index in [9.17, 15) is 13.2 Å². The highest BCUT2D eigenvalue weighted by Crippen LogP contribution is 2.32. The van der Waals surface area contributed by atoms with Crippen LogP contribution in [0, 0.1) is 0 Å². The molecule has 0 aliphatic carbocycles. The molecule has 0 radical (unpaired) electrons. The molecular formula is C23H26N3O3S2+. The van der Waals surface area contributed by atoms with Crippen molar-refractivity contribution >= 4 is 33.0 Å². The van der Waals surface area contributed by atoms with Crippen LogP contribution < -0.4 is 14.5 Å². The number of thiophene rings is 1. The second-order valence-corrected chi connectivity index (χ2v) is 10.7. The van der Waals surface area contributed by atoms with E-state index in [0.29, 0.717) is 30.8 Å². The number of fused-ring (bicyclic) bond motifs is 1. The van der Waals surface area contributed by atoms with Crippen molar-refractivity contribution < 1.29 is 18.1 Å². The third kappa shape index (κ3) is 4.37. The highest BCUT2D eigenvalue weighted by Gasteiger charge is 2.31. The molecular weight excluding hydrogens is 430 g/mol. The molecule has 0 saturated carbocycles. The molecule has 3 aromatic rings. The number of carbonyl (C=O) groups excluding carboxylic acids is 1. The normalized spacial score (nSPS) is 14.5. The predicted octanol–water partition coefficient (Wildman–Crippen LogP) is 2.12. The van der Waals surface area contributed by atoms with Crippen LogP contribution in [0.5, 0.6) is 0 Å². The molecule has 1 atom stereocenters. The Labute approximate surface area is 187 Å². The Bertz CT molecular complexity index is 1170. The third-order valence-electron chi connectivity index (χ3n) is 5.58. The number of likely N-dealkylation sites (N-methyl/N-ethyl adjacent to an activating group) is 1. The van der Waals surface area contributed by atoms with Crippen LogP contribution in [0.15, 0.2) is 70.9 Å². The van der Waals surface area contributed by atoms with Crippen LogP contribution in [0.3, 0.4) is 0 Å². The van der Waals surface area contributed by atoms with Crippen molar-refractivity contribution in [1.29, 1.82) is 0 Å². The first-order valence-electron chi connectivity index (χ1n) is 10.2. The van der Waals surface area contributed by atoms with Gasteiger partial charge in [0.25, 0.3) is 15.9 Å². The maximum Gasteiger partial charge on any atom is 0.264 e. The highest BCUT2D eigenvalue weighted by molar-refractivity contribution is 7.92. The van der Waals surface area contributed by atoms with E-state index in [1.807, 2.05) is 35.7 Å². The molecule has 0 saturated heterocycles. The van der Waals surface area contributed by atoms with Crippen LogP contribution in [0.1, 0.15) is 26.8 Å². The van der Waals surface area contributed by atoms with Gasteiger partial charge in [-0.1, -0.05) is 30.3 Å². The zero-order valence-electron chi connectivity index (χ0n) is 17.5. The number of amides is 1. The van der Waals surface area contributed by atoms with E-state index in [-0.39, 0.29) is 16.8 Å². The lowest BCUT2D eigenvalue weighted by Gasteiger charge is -2.21. The van der Waals surface area contributed by atoms with Crippen LogP contribution >= 0.6 is 11.3 Å². The number of anilines is 1. The Balaban J connectivity index is 1.52. The number of para-hydroxylation sites is 1. The maximum absolute atomic E-state index is 13.3. The first kappa shape index (κ1) is 21.5. The predicted molar refractivity (Wildman–Crippen MR) is 123 cm³/mol. The van der Waals surface area contributed by atoms with E-state index in [1.54, 1.807) is 29.5 Å². The average Bonchev–Trinajstić information content (AvgIpc) is 3.44. The zero-order valence-corrected chi connectivity index (χ0v) is 19.2. The lowest BCUT2D eigenvalue weighted by Crippen LogP contribution is -3.06. The molecule has 31 heavy (non-hydrogen) atoms. The van der Waals surface area contributed by atoms with Gasteiger partial charge in [-0.05, 0) is 47.7 Å². The summed E-state index contributed by atoms with van der Waals surface area (Å²) in [7, 11) is 0.369. The molecule has 0 fully saturated rings. The largest absolute Gasteiger partial charge is 0.346 e. The van der Waals surface area contributed by atoms with Gasteiger partial charge in [0.1, 0.15) is 6.04 Å². The number of nitrogens with one attached hydrogen (secondary N) is 2. The van der Waals surface area contributed by atoms with E-state index in [2.05, 4.69) is 25.5 Å². The van der Waals surface area contributed by atoms with Crippen LogP contribution in [-0.2, 0) is 16.4 Å². The zero-order chi connectivity index (χ0) is 22.0. The first-order chi connectivity index (χ1) is 14.9. The van der Waals surface area contributed by atoms with Gasteiger partial charge >= 0.3 is 0 Å². The maximum atomic E-state index is 13.3. The number of rotatable bonds is 7. The fraction of sp³-hybridized carbons (Fsp3) is 0.261. The van der Waals surface area contributed by atoms with E-state index in [4.69, 9.17) is 0 Å². The number of carbonyl (C=O) groups is 1. The molecule has 2 aromatic carbocycles. The van der Waals surface area contributed by atoms with E-state index in [0.717, 1.165) is 5.56 Å². The van der Waals surface area contributed by atoms with Gasteiger partial charge < -0.3 is 10.2 Å². The van der Waals surface area contributed by atoms with E-state index < -0.39 is 10.0 Å². The Kier molecular flexibility index (Phi) is 6.13. The molecule has 1 aliphatic rings. The summed E-state index contributed by atoms with van der Waals surface area (Å²) < 4.78 is 28.0. The van der Waals surface area contributed by atoms with Crippen LogP contribution in [0.2, 0.25) is 0 Å². The summed E-state index contributed by atoms with van der Waals surface area (Å²) in [6, 6.07) is 18.0. The lowest BCUT2D eigenvalue weighted by atomic mass is 10.2. The van der Waals surface area contributed by atoms with Gasteiger partial charge in [-0.2, -0.15) is 0 Å². The number of sulfonamides is 1. The summed E-state index contributed by atoms with van der Waals surface area (Å²) in [4.78, 5) is 15.4. The Morgan fingerprint density at radius 1 is 1.13 bits per heavy atom.